The van der Waals surface area contributed by atoms with Crippen molar-refractivity contribution < 1.29 is 14.0 Å². The second kappa shape index (κ2) is 8.19. The molecule has 0 fully saturated rings. The smallest absolute Gasteiger partial charge is 0.282 e. The second-order valence-corrected chi connectivity index (χ2v) is 7.67. The molecule has 3 aromatic carbocycles. The molecule has 0 radical (unpaired) electrons. The van der Waals surface area contributed by atoms with E-state index in [0.717, 1.165) is 23.1 Å². The van der Waals surface area contributed by atoms with Crippen LogP contribution in [0.1, 0.15) is 29.2 Å². The lowest BCUT2D eigenvalue weighted by Crippen LogP contribution is -2.32. The molecule has 2 amide bonds. The summed E-state index contributed by atoms with van der Waals surface area (Å²) in [5, 5.41) is 3.00. The average molecular weight is 414 g/mol. The lowest BCUT2D eigenvalue weighted by atomic mass is 9.97. The quantitative estimate of drug-likeness (QED) is 0.569. The Morgan fingerprint density at radius 3 is 2.29 bits per heavy atom. The van der Waals surface area contributed by atoms with E-state index < -0.39 is 17.6 Å². The molecule has 1 aliphatic heterocycles. The van der Waals surface area contributed by atoms with Crippen LogP contribution in [0.3, 0.4) is 0 Å². The Bertz CT molecular complexity index is 1210. The van der Waals surface area contributed by atoms with Crippen LogP contribution < -0.4 is 10.2 Å². The summed E-state index contributed by atoms with van der Waals surface area (Å²) in [6, 6.07) is 18.9. The fourth-order valence-corrected chi connectivity index (χ4v) is 3.82. The number of imide groups is 1. The molecular weight excluding hydrogens is 391 g/mol. The number of aryl methyl sites for hydroxylation is 3. The van der Waals surface area contributed by atoms with E-state index in [2.05, 4.69) is 5.32 Å². The number of hydrogen-bond donors (Lipinski definition) is 1. The van der Waals surface area contributed by atoms with Gasteiger partial charge in [-0.1, -0.05) is 48.9 Å². The van der Waals surface area contributed by atoms with Gasteiger partial charge < -0.3 is 5.32 Å². The van der Waals surface area contributed by atoms with E-state index >= 15 is 0 Å². The maximum atomic E-state index is 13.7. The van der Waals surface area contributed by atoms with Crippen LogP contribution in [0.2, 0.25) is 0 Å². The summed E-state index contributed by atoms with van der Waals surface area (Å²) in [5.74, 6) is -1.30. The van der Waals surface area contributed by atoms with Crippen LogP contribution in [0, 0.1) is 19.7 Å². The van der Waals surface area contributed by atoms with Gasteiger partial charge in [0.25, 0.3) is 11.8 Å². The van der Waals surface area contributed by atoms with Crippen molar-refractivity contribution in [2.24, 2.45) is 0 Å². The zero-order chi connectivity index (χ0) is 22.1. The average Bonchev–Trinajstić information content (AvgIpc) is 2.98. The number of benzene rings is 3. The molecule has 3 aromatic rings. The van der Waals surface area contributed by atoms with Gasteiger partial charge in [-0.05, 0) is 67.3 Å². The highest BCUT2D eigenvalue weighted by Gasteiger charge is 2.40. The fourth-order valence-electron chi connectivity index (χ4n) is 3.82. The van der Waals surface area contributed by atoms with Crippen molar-refractivity contribution in [1.82, 2.24) is 0 Å². The number of carbonyl (C=O) groups excluding carboxylic acids is 2. The van der Waals surface area contributed by atoms with Crippen molar-refractivity contribution in [3.63, 3.8) is 0 Å². The first-order valence-corrected chi connectivity index (χ1v) is 10.2. The minimum atomic E-state index is -0.464. The third kappa shape index (κ3) is 3.87. The molecule has 0 saturated carbocycles. The molecule has 0 spiro atoms. The Kier molecular flexibility index (Phi) is 5.42. The van der Waals surface area contributed by atoms with Gasteiger partial charge in [0, 0.05) is 5.69 Å². The van der Waals surface area contributed by atoms with Crippen LogP contribution in [0.25, 0.3) is 5.57 Å². The van der Waals surface area contributed by atoms with E-state index in [1.54, 1.807) is 24.3 Å². The normalized spacial score (nSPS) is 13.9. The van der Waals surface area contributed by atoms with E-state index in [1.165, 1.54) is 17.0 Å². The molecule has 0 unspecified atom stereocenters. The fraction of sp³-hybridized carbons (Fsp3) is 0.154. The van der Waals surface area contributed by atoms with Crippen LogP contribution in [-0.2, 0) is 16.0 Å². The number of rotatable bonds is 5. The zero-order valence-electron chi connectivity index (χ0n) is 17.7. The van der Waals surface area contributed by atoms with Crippen LogP contribution in [0.4, 0.5) is 15.8 Å². The maximum Gasteiger partial charge on any atom is 0.282 e. The summed E-state index contributed by atoms with van der Waals surface area (Å²) in [6.45, 7) is 5.92. The monoisotopic (exact) mass is 414 g/mol. The number of hydrogen-bond acceptors (Lipinski definition) is 3. The van der Waals surface area contributed by atoms with Gasteiger partial charge in [0.2, 0.25) is 0 Å². The van der Waals surface area contributed by atoms with Crippen molar-refractivity contribution >= 4 is 28.8 Å². The Balaban J connectivity index is 1.84. The largest absolute Gasteiger partial charge is 0.350 e. The number of carbonyl (C=O) groups is 2. The molecule has 0 saturated heterocycles. The third-order valence-corrected chi connectivity index (χ3v) is 5.43. The first-order chi connectivity index (χ1) is 14.9. The van der Waals surface area contributed by atoms with Crippen molar-refractivity contribution in [3.05, 3.63) is 100 Å². The van der Waals surface area contributed by atoms with E-state index in [9.17, 15) is 14.0 Å². The zero-order valence-corrected chi connectivity index (χ0v) is 17.7. The van der Waals surface area contributed by atoms with Crippen LogP contribution in [0.5, 0.6) is 0 Å². The molecule has 4 nitrogen and oxygen atoms in total. The SMILES string of the molecule is CCc1ccc(N2C(=O)C(Nc3cccc(F)c3)=C(c3ccc(C)cc3C)C2=O)cc1. The molecule has 156 valence electrons. The Labute approximate surface area is 181 Å². The summed E-state index contributed by atoms with van der Waals surface area (Å²) >= 11 is 0. The van der Waals surface area contributed by atoms with Gasteiger partial charge in [0.15, 0.2) is 0 Å². The predicted molar refractivity (Wildman–Crippen MR) is 121 cm³/mol. The van der Waals surface area contributed by atoms with Crippen LogP contribution in [-0.4, -0.2) is 11.8 Å². The topological polar surface area (TPSA) is 49.4 Å². The molecule has 4 rings (SSSR count). The second-order valence-electron chi connectivity index (χ2n) is 7.67. The highest BCUT2D eigenvalue weighted by atomic mass is 19.1. The van der Waals surface area contributed by atoms with E-state index in [0.29, 0.717) is 16.9 Å². The summed E-state index contributed by atoms with van der Waals surface area (Å²) in [7, 11) is 0. The van der Waals surface area contributed by atoms with Gasteiger partial charge in [-0.15, -0.1) is 0 Å². The summed E-state index contributed by atoms with van der Waals surface area (Å²) < 4.78 is 13.7. The Morgan fingerprint density at radius 1 is 0.903 bits per heavy atom. The van der Waals surface area contributed by atoms with E-state index in [-0.39, 0.29) is 11.3 Å². The molecule has 31 heavy (non-hydrogen) atoms. The van der Waals surface area contributed by atoms with Gasteiger partial charge >= 0.3 is 0 Å². The molecule has 0 bridgehead atoms. The molecule has 1 heterocycles. The molecule has 0 aliphatic carbocycles. The lowest BCUT2D eigenvalue weighted by molar-refractivity contribution is -0.120. The first kappa shape index (κ1) is 20.5. The number of halogens is 1. The predicted octanol–water partition coefficient (Wildman–Crippen LogP) is 5.40. The Hall–Kier alpha value is -3.73. The molecular formula is C26H23FN2O2. The number of amides is 2. The Morgan fingerprint density at radius 2 is 1.65 bits per heavy atom. The van der Waals surface area contributed by atoms with Gasteiger partial charge in [0.1, 0.15) is 11.5 Å². The van der Waals surface area contributed by atoms with Gasteiger partial charge in [-0.2, -0.15) is 0 Å². The maximum absolute atomic E-state index is 13.7. The van der Waals surface area contributed by atoms with Gasteiger partial charge in [-0.25, -0.2) is 9.29 Å². The standard InChI is InChI=1S/C26H23FN2O2/c1-4-18-9-11-21(12-10-18)29-25(30)23(22-13-8-16(2)14-17(22)3)24(26(29)31)28-20-7-5-6-19(27)15-20/h5-15,28H,4H2,1-3H3. The highest BCUT2D eigenvalue weighted by molar-refractivity contribution is 6.46. The minimum absolute atomic E-state index is 0.141. The molecule has 5 heteroatoms. The summed E-state index contributed by atoms with van der Waals surface area (Å²) in [4.78, 5) is 28.1. The minimum Gasteiger partial charge on any atom is -0.350 e. The number of nitrogens with zero attached hydrogens (tertiary/aromatic N) is 1. The summed E-state index contributed by atoms with van der Waals surface area (Å²) in [6.07, 6.45) is 0.862. The molecule has 0 atom stereocenters. The molecule has 1 aliphatic rings. The van der Waals surface area contributed by atoms with Crippen LogP contribution in [0.15, 0.2) is 72.4 Å². The van der Waals surface area contributed by atoms with Crippen molar-refractivity contribution in [3.8, 4) is 0 Å². The number of nitrogens with one attached hydrogen (secondary N) is 1. The van der Waals surface area contributed by atoms with E-state index in [1.807, 2.05) is 51.1 Å². The highest BCUT2D eigenvalue weighted by Crippen LogP contribution is 2.35. The number of anilines is 2. The van der Waals surface area contributed by atoms with Crippen molar-refractivity contribution in [2.45, 2.75) is 27.2 Å². The van der Waals surface area contributed by atoms with Crippen LogP contribution >= 0.6 is 0 Å². The summed E-state index contributed by atoms with van der Waals surface area (Å²) in [5.41, 5.74) is 5.07. The van der Waals surface area contributed by atoms with Gasteiger partial charge in [0.05, 0.1) is 11.3 Å². The third-order valence-electron chi connectivity index (χ3n) is 5.43. The molecule has 1 N–H and O–H groups in total. The van der Waals surface area contributed by atoms with E-state index in [4.69, 9.17) is 0 Å². The lowest BCUT2D eigenvalue weighted by Gasteiger charge is -2.16. The molecule has 0 aromatic heterocycles. The van der Waals surface area contributed by atoms with Crippen molar-refractivity contribution in [2.75, 3.05) is 10.2 Å². The first-order valence-electron chi connectivity index (χ1n) is 10.2. The van der Waals surface area contributed by atoms with Crippen molar-refractivity contribution in [1.29, 1.82) is 0 Å². The van der Waals surface area contributed by atoms with Gasteiger partial charge in [-0.3, -0.25) is 9.59 Å².